The molecule has 0 nitrogen and oxygen atoms in total. The van der Waals surface area contributed by atoms with E-state index in [2.05, 4.69) is 188 Å². The van der Waals surface area contributed by atoms with Crippen LogP contribution in [0.4, 0.5) is 0 Å². The molecule has 6 aromatic carbocycles. The van der Waals surface area contributed by atoms with Gasteiger partial charge in [0.05, 0.1) is 5.41 Å². The van der Waals surface area contributed by atoms with Crippen molar-refractivity contribution in [3.05, 3.63) is 220 Å². The summed E-state index contributed by atoms with van der Waals surface area (Å²) in [6, 6.07) is 62.6. The molecule has 0 saturated carbocycles. The van der Waals surface area contributed by atoms with E-state index < -0.39 is 5.41 Å². The molecule has 7 rings (SSSR count). The van der Waals surface area contributed by atoms with Crippen molar-refractivity contribution in [2.45, 2.75) is 11.8 Å². The molecule has 208 valence electrons. The van der Waals surface area contributed by atoms with Gasteiger partial charge in [-0.2, -0.15) is 0 Å². The zero-order valence-electron chi connectivity index (χ0n) is 24.5. The van der Waals surface area contributed by atoms with E-state index in [1.807, 2.05) is 6.07 Å². The lowest BCUT2D eigenvalue weighted by molar-refractivity contribution is 0.628. The number of rotatable bonds is 6. The molecule has 0 heterocycles. The number of benzene rings is 6. The zero-order valence-corrected chi connectivity index (χ0v) is 24.5. The Hall–Kier alpha value is -5.64. The van der Waals surface area contributed by atoms with Gasteiger partial charge in [-0.05, 0) is 69.2 Å². The van der Waals surface area contributed by atoms with E-state index in [1.165, 1.54) is 39.0 Å². The average Bonchev–Trinajstić information content (AvgIpc) is 3.38. The molecule has 0 fully saturated rings. The second-order valence-corrected chi connectivity index (χ2v) is 11.2. The lowest BCUT2D eigenvalue weighted by Crippen LogP contribution is -2.32. The highest BCUT2D eigenvalue weighted by Gasteiger charge is 2.47. The first-order valence-corrected chi connectivity index (χ1v) is 15.2. The zero-order chi connectivity index (χ0) is 29.6. The van der Waals surface area contributed by atoms with Gasteiger partial charge in [-0.15, -0.1) is 0 Å². The Labute approximate surface area is 260 Å². The fourth-order valence-electron chi connectivity index (χ4n) is 6.55. The molecule has 1 atom stereocenters. The highest BCUT2D eigenvalue weighted by atomic mass is 14.5. The minimum atomic E-state index is -0.476. The van der Waals surface area contributed by atoms with Gasteiger partial charge < -0.3 is 0 Å². The van der Waals surface area contributed by atoms with Gasteiger partial charge in [0, 0.05) is 11.1 Å². The average molecular weight is 561 g/mol. The van der Waals surface area contributed by atoms with Gasteiger partial charge in [0.15, 0.2) is 0 Å². The Morgan fingerprint density at radius 2 is 1.07 bits per heavy atom. The van der Waals surface area contributed by atoms with E-state index in [1.54, 1.807) is 0 Å². The number of fused-ring (bicyclic) bond motifs is 1. The van der Waals surface area contributed by atoms with Crippen molar-refractivity contribution in [3.63, 3.8) is 0 Å². The Bertz CT molecular complexity index is 1990. The number of allylic oxidation sites excluding steroid dienone is 3. The van der Waals surface area contributed by atoms with Crippen LogP contribution in [0.25, 0.3) is 17.2 Å². The summed E-state index contributed by atoms with van der Waals surface area (Å²) >= 11 is 0. The molecule has 0 radical (unpaired) electrons. The first-order valence-electron chi connectivity index (χ1n) is 15.2. The third kappa shape index (κ3) is 5.22. The molecule has 0 bridgehead atoms. The molecule has 0 heteroatoms. The summed E-state index contributed by atoms with van der Waals surface area (Å²) in [5.41, 5.74) is 11.4. The van der Waals surface area contributed by atoms with Crippen LogP contribution in [0.2, 0.25) is 0 Å². The van der Waals surface area contributed by atoms with Crippen molar-refractivity contribution in [1.82, 2.24) is 0 Å². The van der Waals surface area contributed by atoms with Crippen LogP contribution in [0.1, 0.15) is 38.9 Å². The molecule has 1 aliphatic rings. The second kappa shape index (κ2) is 12.3. The van der Waals surface area contributed by atoms with E-state index in [4.69, 9.17) is 0 Å². The summed E-state index contributed by atoms with van der Waals surface area (Å²) in [5.74, 6) is 7.28. The van der Waals surface area contributed by atoms with Gasteiger partial charge in [-0.3, -0.25) is 0 Å². The summed E-state index contributed by atoms with van der Waals surface area (Å²) < 4.78 is 0. The van der Waals surface area contributed by atoms with Crippen molar-refractivity contribution >= 4 is 17.2 Å². The summed E-state index contributed by atoms with van der Waals surface area (Å²) in [5, 5.41) is 0. The van der Waals surface area contributed by atoms with Gasteiger partial charge in [0.25, 0.3) is 0 Å². The molecule has 0 spiro atoms. The minimum absolute atomic E-state index is 0.476. The topological polar surface area (TPSA) is 0 Å². The molecule has 1 aliphatic carbocycles. The summed E-state index contributed by atoms with van der Waals surface area (Å²) in [6.45, 7) is 0. The van der Waals surface area contributed by atoms with Crippen LogP contribution in [0.5, 0.6) is 0 Å². The molecule has 0 amide bonds. The first-order chi connectivity index (χ1) is 21.8. The molecule has 44 heavy (non-hydrogen) atoms. The molecule has 1 unspecified atom stereocenters. The highest BCUT2D eigenvalue weighted by Crippen LogP contribution is 2.56. The third-order valence-corrected chi connectivity index (χ3v) is 8.48. The van der Waals surface area contributed by atoms with Crippen LogP contribution in [0.3, 0.4) is 0 Å². The SMILES string of the molecule is C(#Cc1ccccc1)C1=C(/C(=C/c2ccccc2)c2ccccc2)C(Cc2ccccc2)(c2ccccc2)c2ccccc21. The van der Waals surface area contributed by atoms with Crippen molar-refractivity contribution < 1.29 is 0 Å². The second-order valence-electron chi connectivity index (χ2n) is 11.2. The largest absolute Gasteiger partial charge is 0.0622 e. The molecule has 0 aromatic heterocycles. The molecule has 0 N–H and O–H groups in total. The molecule has 6 aromatic rings. The van der Waals surface area contributed by atoms with Gasteiger partial charge >= 0.3 is 0 Å². The van der Waals surface area contributed by atoms with Gasteiger partial charge in [-0.25, -0.2) is 0 Å². The highest BCUT2D eigenvalue weighted by molar-refractivity contribution is 6.06. The maximum atomic E-state index is 3.74. The van der Waals surface area contributed by atoms with Crippen molar-refractivity contribution in [1.29, 1.82) is 0 Å². The minimum Gasteiger partial charge on any atom is -0.0622 e. The van der Waals surface area contributed by atoms with Crippen molar-refractivity contribution in [2.24, 2.45) is 0 Å². The maximum absolute atomic E-state index is 3.74. The predicted octanol–water partition coefficient (Wildman–Crippen LogP) is 10.3. The van der Waals surface area contributed by atoms with Crippen LogP contribution < -0.4 is 0 Å². The van der Waals surface area contributed by atoms with Crippen LogP contribution in [-0.2, 0) is 11.8 Å². The smallest absolute Gasteiger partial charge is 0.0516 e. The summed E-state index contributed by atoms with van der Waals surface area (Å²) in [6.07, 6.45) is 3.16. The van der Waals surface area contributed by atoms with Crippen LogP contribution >= 0.6 is 0 Å². The Morgan fingerprint density at radius 3 is 1.75 bits per heavy atom. The number of hydrogen-bond acceptors (Lipinski definition) is 0. The first kappa shape index (κ1) is 27.2. The Morgan fingerprint density at radius 1 is 0.523 bits per heavy atom. The van der Waals surface area contributed by atoms with Crippen LogP contribution in [0, 0.1) is 11.8 Å². The van der Waals surface area contributed by atoms with E-state index in [0.29, 0.717) is 0 Å². The van der Waals surface area contributed by atoms with E-state index in [0.717, 1.165) is 23.1 Å². The maximum Gasteiger partial charge on any atom is 0.0516 e. The lowest BCUT2D eigenvalue weighted by atomic mass is 9.65. The number of hydrogen-bond donors (Lipinski definition) is 0. The van der Waals surface area contributed by atoms with Gasteiger partial charge in [0.1, 0.15) is 0 Å². The van der Waals surface area contributed by atoms with Gasteiger partial charge in [-0.1, -0.05) is 176 Å². The van der Waals surface area contributed by atoms with E-state index >= 15 is 0 Å². The predicted molar refractivity (Wildman–Crippen MR) is 185 cm³/mol. The fourth-order valence-corrected chi connectivity index (χ4v) is 6.55. The molecular weight excluding hydrogens is 528 g/mol. The van der Waals surface area contributed by atoms with Gasteiger partial charge in [0.2, 0.25) is 0 Å². The van der Waals surface area contributed by atoms with Crippen LogP contribution in [0.15, 0.2) is 181 Å². The standard InChI is InChI=1S/C44H32/c1-6-18-34(19-7-1)30-31-40-39-28-16-17-29-42(39)44(38-26-14-5-15-27-38,33-36-22-10-3-11-23-36)43(40)41(37-24-12-4-13-25-37)32-35-20-8-2-9-21-35/h1-29,32H,33H2/b41-32+. The summed E-state index contributed by atoms with van der Waals surface area (Å²) in [4.78, 5) is 0. The van der Waals surface area contributed by atoms with Crippen LogP contribution in [-0.4, -0.2) is 0 Å². The molecule has 0 aliphatic heterocycles. The molecular formula is C44H32. The molecule has 0 saturated heterocycles. The van der Waals surface area contributed by atoms with Crippen molar-refractivity contribution in [2.75, 3.05) is 0 Å². The Balaban J connectivity index is 1.62. The monoisotopic (exact) mass is 560 g/mol. The fraction of sp³-hybridized carbons (Fsp3) is 0.0455. The Kier molecular flexibility index (Phi) is 7.61. The normalized spacial score (nSPS) is 15.8. The van der Waals surface area contributed by atoms with E-state index in [-0.39, 0.29) is 0 Å². The van der Waals surface area contributed by atoms with E-state index in [9.17, 15) is 0 Å². The van der Waals surface area contributed by atoms with Crippen molar-refractivity contribution in [3.8, 4) is 11.8 Å². The summed E-state index contributed by atoms with van der Waals surface area (Å²) in [7, 11) is 0. The third-order valence-electron chi connectivity index (χ3n) is 8.48. The quantitative estimate of drug-likeness (QED) is 0.140. The lowest BCUT2D eigenvalue weighted by Gasteiger charge is -2.36.